The zero-order valence-electron chi connectivity index (χ0n) is 9.52. The summed E-state index contributed by atoms with van der Waals surface area (Å²) in [4.78, 5) is 0. The van der Waals surface area contributed by atoms with E-state index in [9.17, 15) is 5.11 Å². The van der Waals surface area contributed by atoms with Crippen LogP contribution >= 0.6 is 0 Å². The monoisotopic (exact) mass is 214 g/mol. The summed E-state index contributed by atoms with van der Waals surface area (Å²) in [5, 5.41) is 10.8. The fraction of sp³-hybridized carbons (Fsp3) is 0.467. The van der Waals surface area contributed by atoms with Gasteiger partial charge in [-0.2, -0.15) is 0 Å². The van der Waals surface area contributed by atoms with Gasteiger partial charge in [0.05, 0.1) is 5.60 Å². The molecule has 16 heavy (non-hydrogen) atoms. The predicted octanol–water partition coefficient (Wildman–Crippen LogP) is 3.34. The van der Waals surface area contributed by atoms with Gasteiger partial charge < -0.3 is 5.11 Å². The molecule has 0 aliphatic heterocycles. The molecule has 1 aromatic rings. The van der Waals surface area contributed by atoms with Crippen molar-refractivity contribution in [3.8, 4) is 0 Å². The van der Waals surface area contributed by atoms with Crippen LogP contribution in [0, 0.1) is 11.8 Å². The maximum atomic E-state index is 10.8. The van der Waals surface area contributed by atoms with E-state index in [-0.39, 0.29) is 0 Å². The van der Waals surface area contributed by atoms with Crippen molar-refractivity contribution in [1.82, 2.24) is 0 Å². The number of fused-ring (bicyclic) bond motifs is 2. The summed E-state index contributed by atoms with van der Waals surface area (Å²) in [6.45, 7) is 3.75. The molecule has 1 aromatic carbocycles. The highest BCUT2D eigenvalue weighted by Gasteiger charge is 2.50. The molecule has 2 aliphatic carbocycles. The molecule has 3 rings (SSSR count). The van der Waals surface area contributed by atoms with Crippen LogP contribution in [-0.2, 0) is 5.60 Å². The molecule has 0 radical (unpaired) electrons. The van der Waals surface area contributed by atoms with E-state index in [0.29, 0.717) is 5.92 Å². The van der Waals surface area contributed by atoms with E-state index in [4.69, 9.17) is 0 Å². The van der Waals surface area contributed by atoms with Crippen LogP contribution in [0.15, 0.2) is 30.8 Å². The third-order valence-corrected chi connectivity index (χ3v) is 4.46. The Morgan fingerprint density at radius 3 is 2.50 bits per heavy atom. The second kappa shape index (κ2) is 3.46. The molecule has 1 nitrogen and oxygen atoms in total. The van der Waals surface area contributed by atoms with E-state index in [1.165, 1.54) is 19.3 Å². The fourth-order valence-electron chi connectivity index (χ4n) is 3.56. The maximum Gasteiger partial charge on any atom is 0.0927 e. The first-order chi connectivity index (χ1) is 7.72. The Morgan fingerprint density at radius 2 is 2.00 bits per heavy atom. The van der Waals surface area contributed by atoms with E-state index in [1.807, 2.05) is 18.2 Å². The van der Waals surface area contributed by atoms with Gasteiger partial charge in [-0.05, 0) is 48.6 Å². The third-order valence-electron chi connectivity index (χ3n) is 4.46. The van der Waals surface area contributed by atoms with Crippen molar-refractivity contribution in [2.75, 3.05) is 0 Å². The summed E-state index contributed by atoms with van der Waals surface area (Å²) in [6.07, 6.45) is 6.54. The minimum Gasteiger partial charge on any atom is -0.385 e. The molecule has 0 spiro atoms. The predicted molar refractivity (Wildman–Crippen MR) is 65.9 cm³/mol. The van der Waals surface area contributed by atoms with Gasteiger partial charge in [-0.15, -0.1) is 0 Å². The molecule has 2 saturated carbocycles. The molecule has 2 fully saturated rings. The van der Waals surface area contributed by atoms with Crippen LogP contribution in [0.3, 0.4) is 0 Å². The van der Waals surface area contributed by atoms with Crippen LogP contribution in [0.25, 0.3) is 6.08 Å². The van der Waals surface area contributed by atoms with Crippen LogP contribution in [0.2, 0.25) is 0 Å². The van der Waals surface area contributed by atoms with Crippen molar-refractivity contribution in [3.05, 3.63) is 42.0 Å². The van der Waals surface area contributed by atoms with Crippen molar-refractivity contribution in [2.24, 2.45) is 11.8 Å². The Labute approximate surface area is 96.8 Å². The van der Waals surface area contributed by atoms with Crippen LogP contribution in [0.5, 0.6) is 0 Å². The Hall–Kier alpha value is -1.08. The minimum absolute atomic E-state index is 0.493. The lowest BCUT2D eigenvalue weighted by molar-refractivity contribution is -0.0182. The van der Waals surface area contributed by atoms with Gasteiger partial charge in [-0.25, -0.2) is 0 Å². The Bertz CT molecular complexity index is 406. The molecule has 0 saturated heterocycles. The lowest BCUT2D eigenvalue weighted by Gasteiger charge is -2.33. The van der Waals surface area contributed by atoms with Gasteiger partial charge in [0.15, 0.2) is 0 Å². The number of hydrogen-bond acceptors (Lipinski definition) is 1. The van der Waals surface area contributed by atoms with Crippen LogP contribution in [0.4, 0.5) is 0 Å². The first-order valence-electron chi connectivity index (χ1n) is 6.18. The molecule has 2 aliphatic rings. The largest absolute Gasteiger partial charge is 0.385 e. The summed E-state index contributed by atoms with van der Waals surface area (Å²) >= 11 is 0. The standard InChI is InChI=1S/C15H18O/c1-2-11-3-6-13(7-4-11)15(16)10-12-5-8-14(15)9-12/h2-4,6-7,12,14,16H,1,5,8-10H2. The van der Waals surface area contributed by atoms with Gasteiger partial charge in [0, 0.05) is 0 Å². The molecular weight excluding hydrogens is 196 g/mol. The van der Waals surface area contributed by atoms with E-state index < -0.39 is 5.60 Å². The summed E-state index contributed by atoms with van der Waals surface area (Å²) < 4.78 is 0. The molecule has 1 heteroatoms. The van der Waals surface area contributed by atoms with Gasteiger partial charge in [0.1, 0.15) is 0 Å². The van der Waals surface area contributed by atoms with Crippen molar-refractivity contribution < 1.29 is 5.11 Å². The first kappa shape index (κ1) is 10.1. The average Bonchev–Trinajstić information content (AvgIpc) is 2.89. The number of rotatable bonds is 2. The number of benzene rings is 1. The van der Waals surface area contributed by atoms with Gasteiger partial charge in [-0.1, -0.05) is 36.9 Å². The first-order valence-corrected chi connectivity index (χ1v) is 6.18. The highest BCUT2D eigenvalue weighted by atomic mass is 16.3. The quantitative estimate of drug-likeness (QED) is 0.800. The summed E-state index contributed by atoms with van der Waals surface area (Å²) in [5.74, 6) is 1.25. The molecule has 3 unspecified atom stereocenters. The summed E-state index contributed by atoms with van der Waals surface area (Å²) in [7, 11) is 0. The summed E-state index contributed by atoms with van der Waals surface area (Å²) in [6, 6.07) is 8.23. The molecule has 1 N–H and O–H groups in total. The van der Waals surface area contributed by atoms with Crippen LogP contribution in [0.1, 0.15) is 36.8 Å². The SMILES string of the molecule is C=Cc1ccc(C2(O)CC3CCC2C3)cc1. The van der Waals surface area contributed by atoms with E-state index in [2.05, 4.69) is 18.7 Å². The molecule has 84 valence electrons. The van der Waals surface area contributed by atoms with Gasteiger partial charge in [0.2, 0.25) is 0 Å². The van der Waals surface area contributed by atoms with Crippen molar-refractivity contribution in [2.45, 2.75) is 31.3 Å². The second-order valence-corrected chi connectivity index (χ2v) is 5.33. The number of aliphatic hydroxyl groups is 1. The number of hydrogen-bond donors (Lipinski definition) is 1. The smallest absolute Gasteiger partial charge is 0.0927 e. The van der Waals surface area contributed by atoms with Crippen LogP contribution < -0.4 is 0 Å². The van der Waals surface area contributed by atoms with E-state index in [0.717, 1.165) is 23.5 Å². The fourth-order valence-corrected chi connectivity index (χ4v) is 3.56. The highest BCUT2D eigenvalue weighted by molar-refractivity contribution is 5.48. The molecule has 0 aromatic heterocycles. The van der Waals surface area contributed by atoms with Gasteiger partial charge in [0.25, 0.3) is 0 Å². The topological polar surface area (TPSA) is 20.2 Å². The molecule has 0 amide bonds. The Balaban J connectivity index is 1.94. The third kappa shape index (κ3) is 1.35. The normalized spacial score (nSPS) is 36.6. The lowest BCUT2D eigenvalue weighted by atomic mass is 9.79. The van der Waals surface area contributed by atoms with Gasteiger partial charge >= 0.3 is 0 Å². The Morgan fingerprint density at radius 1 is 1.25 bits per heavy atom. The molecule has 3 atom stereocenters. The Kier molecular flexibility index (Phi) is 2.18. The van der Waals surface area contributed by atoms with E-state index >= 15 is 0 Å². The van der Waals surface area contributed by atoms with Crippen molar-refractivity contribution >= 4 is 6.08 Å². The summed E-state index contributed by atoms with van der Waals surface area (Å²) in [5.41, 5.74) is 1.68. The molecule has 2 bridgehead atoms. The van der Waals surface area contributed by atoms with Crippen molar-refractivity contribution in [3.63, 3.8) is 0 Å². The van der Waals surface area contributed by atoms with Gasteiger partial charge in [-0.3, -0.25) is 0 Å². The lowest BCUT2D eigenvalue weighted by Crippen LogP contribution is -2.32. The van der Waals surface area contributed by atoms with Crippen molar-refractivity contribution in [1.29, 1.82) is 0 Å². The zero-order chi connectivity index (χ0) is 11.2. The van der Waals surface area contributed by atoms with Crippen LogP contribution in [-0.4, -0.2) is 5.11 Å². The maximum absolute atomic E-state index is 10.8. The van der Waals surface area contributed by atoms with E-state index in [1.54, 1.807) is 0 Å². The second-order valence-electron chi connectivity index (χ2n) is 5.33. The average molecular weight is 214 g/mol. The minimum atomic E-state index is -0.539. The zero-order valence-corrected chi connectivity index (χ0v) is 9.52. The molecular formula is C15H18O. The highest BCUT2D eigenvalue weighted by Crippen LogP contribution is 2.55. The molecule has 0 heterocycles.